The van der Waals surface area contributed by atoms with Gasteiger partial charge in [0.05, 0.1) is 14.2 Å². The Balaban J connectivity index is 1.65. The van der Waals surface area contributed by atoms with Gasteiger partial charge in [0.1, 0.15) is 0 Å². The number of hydrogen-bond acceptors (Lipinski definition) is 6. The van der Waals surface area contributed by atoms with Crippen LogP contribution in [0.4, 0.5) is 0 Å². The first kappa shape index (κ1) is 24.3. The summed E-state index contributed by atoms with van der Waals surface area (Å²) >= 11 is 0. The SMILES string of the molecule is COc1cc(/C=C/C(=O)NCCCCNC(=O)/C=C/c2cccc(O)c2OC)ccc1O. The van der Waals surface area contributed by atoms with E-state index < -0.39 is 0 Å². The van der Waals surface area contributed by atoms with E-state index in [0.29, 0.717) is 43.0 Å². The summed E-state index contributed by atoms with van der Waals surface area (Å²) in [4.78, 5) is 23.8. The quantitative estimate of drug-likeness (QED) is 0.315. The van der Waals surface area contributed by atoms with Crippen molar-refractivity contribution >= 4 is 24.0 Å². The number of ether oxygens (including phenoxy) is 2. The predicted octanol–water partition coefficient (Wildman–Crippen LogP) is 2.85. The molecule has 32 heavy (non-hydrogen) atoms. The molecule has 4 N–H and O–H groups in total. The normalized spacial score (nSPS) is 10.9. The van der Waals surface area contributed by atoms with Gasteiger partial charge in [-0.3, -0.25) is 9.59 Å². The Morgan fingerprint density at radius 2 is 1.53 bits per heavy atom. The Hall–Kier alpha value is -3.94. The van der Waals surface area contributed by atoms with Crippen molar-refractivity contribution in [1.29, 1.82) is 0 Å². The van der Waals surface area contributed by atoms with Crippen LogP contribution in [0.5, 0.6) is 23.0 Å². The largest absolute Gasteiger partial charge is 0.504 e. The number of para-hydroxylation sites is 1. The molecule has 2 rings (SSSR count). The van der Waals surface area contributed by atoms with Crippen LogP contribution in [0.1, 0.15) is 24.0 Å². The number of carbonyl (C=O) groups excluding carboxylic acids is 2. The van der Waals surface area contributed by atoms with Gasteiger partial charge < -0.3 is 30.3 Å². The minimum atomic E-state index is -0.258. The predicted molar refractivity (Wildman–Crippen MR) is 123 cm³/mol. The summed E-state index contributed by atoms with van der Waals surface area (Å²) in [6.07, 6.45) is 7.40. The molecular formula is C24H28N2O6. The lowest BCUT2D eigenvalue weighted by atomic mass is 10.1. The highest BCUT2D eigenvalue weighted by Gasteiger charge is 2.05. The van der Waals surface area contributed by atoms with Gasteiger partial charge in [0.2, 0.25) is 11.8 Å². The molecule has 2 amide bonds. The molecular weight excluding hydrogens is 412 g/mol. The standard InChI is InChI=1S/C24H28N2O6/c1-31-21-16-17(8-11-19(21)27)9-12-22(29)25-14-3-4-15-26-23(30)13-10-18-6-5-7-20(28)24(18)32-2/h5-13,16,27-28H,3-4,14-15H2,1-2H3,(H,25,29)(H,26,30)/b12-9+,13-10+. The summed E-state index contributed by atoms with van der Waals surface area (Å²) in [5.41, 5.74) is 1.33. The molecule has 0 heterocycles. The molecule has 0 aliphatic heterocycles. The topological polar surface area (TPSA) is 117 Å². The van der Waals surface area contributed by atoms with Crippen LogP contribution in [-0.4, -0.2) is 49.3 Å². The molecule has 2 aromatic carbocycles. The number of amides is 2. The summed E-state index contributed by atoms with van der Waals surface area (Å²) in [6, 6.07) is 9.72. The third-order valence-corrected chi connectivity index (χ3v) is 4.48. The number of carbonyl (C=O) groups is 2. The van der Waals surface area contributed by atoms with Gasteiger partial charge in [-0.15, -0.1) is 0 Å². The van der Waals surface area contributed by atoms with E-state index in [4.69, 9.17) is 9.47 Å². The molecule has 8 nitrogen and oxygen atoms in total. The highest BCUT2D eigenvalue weighted by Crippen LogP contribution is 2.30. The first-order chi connectivity index (χ1) is 15.4. The molecule has 0 atom stereocenters. The van der Waals surface area contributed by atoms with Crippen molar-refractivity contribution in [3.8, 4) is 23.0 Å². The number of unbranched alkanes of at least 4 members (excludes halogenated alkanes) is 1. The van der Waals surface area contributed by atoms with Crippen LogP contribution in [0.2, 0.25) is 0 Å². The van der Waals surface area contributed by atoms with Gasteiger partial charge >= 0.3 is 0 Å². The number of hydrogen-bond donors (Lipinski definition) is 4. The van der Waals surface area contributed by atoms with Crippen molar-refractivity contribution in [3.63, 3.8) is 0 Å². The Morgan fingerprint density at radius 3 is 2.16 bits per heavy atom. The van der Waals surface area contributed by atoms with Crippen molar-refractivity contribution in [3.05, 3.63) is 59.7 Å². The first-order valence-corrected chi connectivity index (χ1v) is 10.1. The van der Waals surface area contributed by atoms with Crippen LogP contribution in [-0.2, 0) is 9.59 Å². The van der Waals surface area contributed by atoms with Gasteiger partial charge in [-0.1, -0.05) is 18.2 Å². The van der Waals surface area contributed by atoms with E-state index >= 15 is 0 Å². The Morgan fingerprint density at radius 1 is 0.875 bits per heavy atom. The van der Waals surface area contributed by atoms with Gasteiger partial charge in [-0.25, -0.2) is 0 Å². The maximum Gasteiger partial charge on any atom is 0.244 e. The molecule has 2 aromatic rings. The zero-order valence-electron chi connectivity index (χ0n) is 18.1. The number of phenols is 2. The Kier molecular flexibility index (Phi) is 9.65. The van der Waals surface area contributed by atoms with Crippen LogP contribution in [0.15, 0.2) is 48.6 Å². The van der Waals surface area contributed by atoms with Gasteiger partial charge in [-0.2, -0.15) is 0 Å². The monoisotopic (exact) mass is 440 g/mol. The third-order valence-electron chi connectivity index (χ3n) is 4.48. The molecule has 170 valence electrons. The molecule has 0 aliphatic rings. The number of aromatic hydroxyl groups is 2. The van der Waals surface area contributed by atoms with Crippen LogP contribution < -0.4 is 20.1 Å². The lowest BCUT2D eigenvalue weighted by molar-refractivity contribution is -0.117. The highest BCUT2D eigenvalue weighted by atomic mass is 16.5. The Labute approximate surface area is 187 Å². The molecule has 8 heteroatoms. The second-order valence-corrected chi connectivity index (χ2v) is 6.79. The average molecular weight is 440 g/mol. The molecule has 0 fully saturated rings. The lowest BCUT2D eigenvalue weighted by Crippen LogP contribution is -2.25. The Bertz CT molecular complexity index is 984. The number of methoxy groups -OCH3 is 2. The average Bonchev–Trinajstić information content (AvgIpc) is 2.79. The molecule has 0 aliphatic carbocycles. The number of benzene rings is 2. The van der Waals surface area contributed by atoms with E-state index in [9.17, 15) is 19.8 Å². The van der Waals surface area contributed by atoms with Crippen molar-refractivity contribution in [1.82, 2.24) is 10.6 Å². The second kappa shape index (κ2) is 12.7. The van der Waals surface area contributed by atoms with Gasteiger partial charge in [-0.05, 0) is 48.8 Å². The van der Waals surface area contributed by atoms with E-state index in [2.05, 4.69) is 10.6 Å². The zero-order chi connectivity index (χ0) is 23.3. The van der Waals surface area contributed by atoms with Crippen LogP contribution in [0, 0.1) is 0 Å². The van der Waals surface area contributed by atoms with E-state index in [1.807, 2.05) is 0 Å². The second-order valence-electron chi connectivity index (χ2n) is 6.79. The van der Waals surface area contributed by atoms with E-state index in [-0.39, 0.29) is 23.3 Å². The zero-order valence-corrected chi connectivity index (χ0v) is 18.1. The highest BCUT2D eigenvalue weighted by molar-refractivity contribution is 5.92. The van der Waals surface area contributed by atoms with E-state index in [1.165, 1.54) is 38.5 Å². The maximum atomic E-state index is 11.9. The fourth-order valence-corrected chi connectivity index (χ4v) is 2.82. The minimum Gasteiger partial charge on any atom is -0.504 e. The first-order valence-electron chi connectivity index (χ1n) is 10.1. The fourth-order valence-electron chi connectivity index (χ4n) is 2.82. The maximum absolute atomic E-state index is 11.9. The van der Waals surface area contributed by atoms with Gasteiger partial charge in [0, 0.05) is 30.8 Å². The summed E-state index contributed by atoms with van der Waals surface area (Å²) in [7, 11) is 2.91. The summed E-state index contributed by atoms with van der Waals surface area (Å²) in [5, 5.41) is 24.9. The van der Waals surface area contributed by atoms with Crippen molar-refractivity contribution < 1.29 is 29.3 Å². The van der Waals surface area contributed by atoms with Crippen LogP contribution in [0.25, 0.3) is 12.2 Å². The van der Waals surface area contributed by atoms with E-state index in [0.717, 1.165) is 5.56 Å². The summed E-state index contributed by atoms with van der Waals surface area (Å²) in [6.45, 7) is 0.952. The number of rotatable bonds is 11. The fraction of sp³-hybridized carbons (Fsp3) is 0.250. The molecule has 0 radical (unpaired) electrons. The molecule has 0 bridgehead atoms. The van der Waals surface area contributed by atoms with Crippen LogP contribution >= 0.6 is 0 Å². The smallest absolute Gasteiger partial charge is 0.244 e. The van der Waals surface area contributed by atoms with Gasteiger partial charge in [0.15, 0.2) is 23.0 Å². The van der Waals surface area contributed by atoms with Crippen molar-refractivity contribution in [2.24, 2.45) is 0 Å². The molecule has 0 saturated heterocycles. The molecule has 0 aromatic heterocycles. The summed E-state index contributed by atoms with van der Waals surface area (Å²) < 4.78 is 10.2. The number of phenolic OH excluding ortho intramolecular Hbond substituents is 2. The molecule has 0 unspecified atom stereocenters. The minimum absolute atomic E-state index is 0.00902. The molecule has 0 spiro atoms. The molecule has 0 saturated carbocycles. The number of nitrogens with one attached hydrogen (secondary N) is 2. The summed E-state index contributed by atoms with van der Waals surface area (Å²) in [5.74, 6) is 0.206. The van der Waals surface area contributed by atoms with Crippen LogP contribution in [0.3, 0.4) is 0 Å². The lowest BCUT2D eigenvalue weighted by Gasteiger charge is -2.06. The van der Waals surface area contributed by atoms with E-state index in [1.54, 1.807) is 36.4 Å². The van der Waals surface area contributed by atoms with Crippen molar-refractivity contribution in [2.75, 3.05) is 27.3 Å². The van der Waals surface area contributed by atoms with Gasteiger partial charge in [0.25, 0.3) is 0 Å². The van der Waals surface area contributed by atoms with Crippen molar-refractivity contribution in [2.45, 2.75) is 12.8 Å². The third kappa shape index (κ3) is 7.71.